The molecule has 0 radical (unpaired) electrons. The first-order valence-electron chi connectivity index (χ1n) is 6.99. The molecule has 19 heavy (non-hydrogen) atoms. The molecule has 1 aliphatic heterocycles. The summed E-state index contributed by atoms with van der Waals surface area (Å²) < 4.78 is 5.24. The van der Waals surface area contributed by atoms with Crippen molar-refractivity contribution in [1.82, 2.24) is 9.97 Å². The van der Waals surface area contributed by atoms with Crippen LogP contribution < -0.4 is 4.90 Å². The number of aromatic nitrogens is 2. The fourth-order valence-electron chi connectivity index (χ4n) is 2.67. The zero-order chi connectivity index (χ0) is 13.7. The number of hydrogen-bond donors (Lipinski definition) is 0. The second-order valence-corrected chi connectivity index (χ2v) is 5.46. The van der Waals surface area contributed by atoms with Gasteiger partial charge in [0.05, 0.1) is 0 Å². The normalized spacial score (nSPS) is 16.9. The number of methoxy groups -OCH3 is 1. The van der Waals surface area contributed by atoms with E-state index in [-0.39, 0.29) is 0 Å². The number of nitrogens with zero attached hydrogens (tertiary/aromatic N) is 3. The Kier molecular flexibility index (Phi) is 5.40. The summed E-state index contributed by atoms with van der Waals surface area (Å²) in [6.45, 7) is 5.06. The Morgan fingerprint density at radius 3 is 2.74 bits per heavy atom. The summed E-state index contributed by atoms with van der Waals surface area (Å²) in [6, 6.07) is 0. The van der Waals surface area contributed by atoms with Gasteiger partial charge >= 0.3 is 0 Å². The van der Waals surface area contributed by atoms with E-state index in [1.54, 1.807) is 13.4 Å². The summed E-state index contributed by atoms with van der Waals surface area (Å²) in [7, 11) is 1.77. The molecule has 0 N–H and O–H groups in total. The summed E-state index contributed by atoms with van der Waals surface area (Å²) >= 11 is 6.21. The maximum Gasteiger partial charge on any atom is 0.137 e. The zero-order valence-electron chi connectivity index (χ0n) is 11.7. The van der Waals surface area contributed by atoms with Gasteiger partial charge in [-0.3, -0.25) is 0 Å². The number of hydrogen-bond acceptors (Lipinski definition) is 4. The average Bonchev–Trinajstić information content (AvgIpc) is 2.43. The third-order valence-electron chi connectivity index (χ3n) is 3.69. The van der Waals surface area contributed by atoms with Crippen LogP contribution in [0.4, 0.5) is 5.82 Å². The molecule has 1 aliphatic rings. The van der Waals surface area contributed by atoms with Gasteiger partial charge in [0.15, 0.2) is 0 Å². The van der Waals surface area contributed by atoms with Crippen molar-refractivity contribution in [2.75, 3.05) is 31.7 Å². The lowest BCUT2D eigenvalue weighted by atomic mass is 9.97. The average molecular weight is 284 g/mol. The van der Waals surface area contributed by atoms with Gasteiger partial charge in [0.25, 0.3) is 0 Å². The standard InChI is InChI=1S/C14H22ClN3O/c1-3-4-12-13(15)16-10-17-14(12)18-7-5-11(6-8-18)9-19-2/h10-11H,3-9H2,1-2H3. The molecule has 2 rings (SSSR count). The van der Waals surface area contributed by atoms with Gasteiger partial charge in [-0.05, 0) is 25.2 Å². The molecular formula is C14H22ClN3O. The molecular weight excluding hydrogens is 262 g/mol. The lowest BCUT2D eigenvalue weighted by Gasteiger charge is -2.33. The van der Waals surface area contributed by atoms with E-state index in [9.17, 15) is 0 Å². The Labute approximate surface area is 120 Å². The van der Waals surface area contributed by atoms with Gasteiger partial charge in [-0.1, -0.05) is 24.9 Å². The highest BCUT2D eigenvalue weighted by atomic mass is 35.5. The second kappa shape index (κ2) is 7.06. The minimum Gasteiger partial charge on any atom is -0.384 e. The first kappa shape index (κ1) is 14.5. The Morgan fingerprint density at radius 1 is 1.37 bits per heavy atom. The van der Waals surface area contributed by atoms with Gasteiger partial charge in [-0.15, -0.1) is 0 Å². The Morgan fingerprint density at radius 2 is 2.11 bits per heavy atom. The van der Waals surface area contributed by atoms with Crippen LogP contribution in [-0.2, 0) is 11.2 Å². The molecule has 0 amide bonds. The maximum atomic E-state index is 6.21. The predicted octanol–water partition coefficient (Wildman–Crippen LogP) is 2.95. The van der Waals surface area contributed by atoms with Crippen molar-refractivity contribution < 1.29 is 4.74 Å². The molecule has 106 valence electrons. The van der Waals surface area contributed by atoms with Crippen LogP contribution in [0, 0.1) is 5.92 Å². The number of ether oxygens (including phenoxy) is 1. The van der Waals surface area contributed by atoms with Crippen LogP contribution >= 0.6 is 11.6 Å². The molecule has 0 saturated carbocycles. The van der Waals surface area contributed by atoms with Crippen LogP contribution in [0.1, 0.15) is 31.7 Å². The van der Waals surface area contributed by atoms with Crippen molar-refractivity contribution in [3.63, 3.8) is 0 Å². The van der Waals surface area contributed by atoms with Crippen LogP contribution in [0.3, 0.4) is 0 Å². The molecule has 0 aliphatic carbocycles. The van der Waals surface area contributed by atoms with Crippen molar-refractivity contribution in [2.24, 2.45) is 5.92 Å². The van der Waals surface area contributed by atoms with E-state index < -0.39 is 0 Å². The summed E-state index contributed by atoms with van der Waals surface area (Å²) in [6.07, 6.45) is 5.87. The van der Waals surface area contributed by atoms with E-state index in [2.05, 4.69) is 21.8 Å². The Bertz CT molecular complexity index is 406. The van der Waals surface area contributed by atoms with E-state index in [1.807, 2.05) is 0 Å². The Hall–Kier alpha value is -0.870. The molecule has 1 aromatic rings. The number of rotatable bonds is 5. The van der Waals surface area contributed by atoms with Gasteiger partial charge in [-0.25, -0.2) is 9.97 Å². The lowest BCUT2D eigenvalue weighted by molar-refractivity contribution is 0.139. The van der Waals surface area contributed by atoms with E-state index in [0.29, 0.717) is 11.1 Å². The maximum absolute atomic E-state index is 6.21. The van der Waals surface area contributed by atoms with Crippen molar-refractivity contribution in [3.8, 4) is 0 Å². The first-order valence-corrected chi connectivity index (χ1v) is 7.37. The third kappa shape index (κ3) is 3.57. The van der Waals surface area contributed by atoms with Gasteiger partial charge in [0.2, 0.25) is 0 Å². The molecule has 2 heterocycles. The molecule has 0 unspecified atom stereocenters. The van der Waals surface area contributed by atoms with Crippen LogP contribution in [0.2, 0.25) is 5.15 Å². The minimum absolute atomic E-state index is 0.603. The first-order chi connectivity index (χ1) is 9.26. The predicted molar refractivity (Wildman–Crippen MR) is 77.9 cm³/mol. The molecule has 0 spiro atoms. The van der Waals surface area contributed by atoms with E-state index in [1.165, 1.54) is 0 Å². The fraction of sp³-hybridized carbons (Fsp3) is 0.714. The highest BCUT2D eigenvalue weighted by molar-refractivity contribution is 6.30. The van der Waals surface area contributed by atoms with Gasteiger partial charge < -0.3 is 9.64 Å². The monoisotopic (exact) mass is 283 g/mol. The second-order valence-electron chi connectivity index (χ2n) is 5.10. The van der Waals surface area contributed by atoms with Gasteiger partial charge in [0, 0.05) is 32.4 Å². The van der Waals surface area contributed by atoms with Crippen LogP contribution in [0.5, 0.6) is 0 Å². The number of piperidine rings is 1. The van der Waals surface area contributed by atoms with E-state index in [0.717, 1.165) is 56.8 Å². The molecule has 1 fully saturated rings. The molecule has 0 aromatic carbocycles. The largest absolute Gasteiger partial charge is 0.384 e. The smallest absolute Gasteiger partial charge is 0.137 e. The summed E-state index contributed by atoms with van der Waals surface area (Å²) in [5.41, 5.74) is 1.09. The number of anilines is 1. The quantitative estimate of drug-likeness (QED) is 0.779. The summed E-state index contributed by atoms with van der Waals surface area (Å²) in [5, 5.41) is 0.603. The summed E-state index contributed by atoms with van der Waals surface area (Å²) in [4.78, 5) is 10.9. The molecule has 5 heteroatoms. The molecule has 1 saturated heterocycles. The fourth-order valence-corrected chi connectivity index (χ4v) is 2.89. The van der Waals surface area contributed by atoms with Crippen LogP contribution in [0.15, 0.2) is 6.33 Å². The highest BCUT2D eigenvalue weighted by Gasteiger charge is 2.22. The SMILES string of the molecule is CCCc1c(Cl)ncnc1N1CCC(COC)CC1. The molecule has 4 nitrogen and oxygen atoms in total. The van der Waals surface area contributed by atoms with Crippen LogP contribution in [-0.4, -0.2) is 36.8 Å². The summed E-state index contributed by atoms with van der Waals surface area (Å²) in [5.74, 6) is 1.70. The molecule has 0 bridgehead atoms. The van der Waals surface area contributed by atoms with Crippen molar-refractivity contribution in [2.45, 2.75) is 32.6 Å². The molecule has 0 atom stereocenters. The topological polar surface area (TPSA) is 38.2 Å². The van der Waals surface area contributed by atoms with Crippen molar-refractivity contribution in [3.05, 3.63) is 17.0 Å². The van der Waals surface area contributed by atoms with Gasteiger partial charge in [-0.2, -0.15) is 0 Å². The third-order valence-corrected chi connectivity index (χ3v) is 4.01. The number of halogens is 1. The highest BCUT2D eigenvalue weighted by Crippen LogP contribution is 2.28. The van der Waals surface area contributed by atoms with Crippen LogP contribution in [0.25, 0.3) is 0 Å². The van der Waals surface area contributed by atoms with Crippen molar-refractivity contribution >= 4 is 17.4 Å². The van der Waals surface area contributed by atoms with E-state index >= 15 is 0 Å². The van der Waals surface area contributed by atoms with E-state index in [4.69, 9.17) is 16.3 Å². The van der Waals surface area contributed by atoms with Crippen molar-refractivity contribution in [1.29, 1.82) is 0 Å². The lowest BCUT2D eigenvalue weighted by Crippen LogP contribution is -2.36. The van der Waals surface area contributed by atoms with Gasteiger partial charge in [0.1, 0.15) is 17.3 Å². The molecule has 1 aromatic heterocycles. The Balaban J connectivity index is 2.08. The zero-order valence-corrected chi connectivity index (χ0v) is 12.5. The minimum atomic E-state index is 0.603.